The average Bonchev–Trinajstić information content (AvgIpc) is 2.33. The normalized spacial score (nSPS) is 27.8. The summed E-state index contributed by atoms with van der Waals surface area (Å²) in [6.07, 6.45) is 4.79. The molecule has 0 aromatic heterocycles. The molecule has 0 heterocycles. The van der Waals surface area contributed by atoms with Crippen LogP contribution in [0.25, 0.3) is 0 Å². The maximum Gasteiger partial charge on any atom is 0.123 e. The van der Waals surface area contributed by atoms with Crippen molar-refractivity contribution in [1.82, 2.24) is 0 Å². The van der Waals surface area contributed by atoms with Crippen molar-refractivity contribution in [2.24, 2.45) is 11.8 Å². The Morgan fingerprint density at radius 2 is 2.11 bits per heavy atom. The molecule has 1 N–H and O–H groups in total. The fourth-order valence-corrected chi connectivity index (χ4v) is 3.58. The molecule has 2 unspecified atom stereocenters. The standard InChI is InChI=1S/C17H25FO/c1-12(2)16-6-4-5-9-17(16,19)11-14-10-15(18)8-7-13(14)3/h7-8,10,12,16,19H,4-6,9,11H2,1-3H3. The molecule has 106 valence electrons. The molecule has 1 nitrogen and oxygen atoms in total. The van der Waals surface area contributed by atoms with Crippen LogP contribution in [0.1, 0.15) is 50.7 Å². The minimum atomic E-state index is -0.662. The lowest BCUT2D eigenvalue weighted by Crippen LogP contribution is -2.45. The van der Waals surface area contributed by atoms with E-state index in [0.717, 1.165) is 30.4 Å². The molecule has 0 amide bonds. The highest BCUT2D eigenvalue weighted by Gasteiger charge is 2.40. The Labute approximate surface area is 115 Å². The first-order chi connectivity index (χ1) is 8.92. The van der Waals surface area contributed by atoms with Crippen LogP contribution in [0, 0.1) is 24.6 Å². The van der Waals surface area contributed by atoms with E-state index < -0.39 is 5.60 Å². The van der Waals surface area contributed by atoms with E-state index in [-0.39, 0.29) is 5.82 Å². The molecule has 0 saturated heterocycles. The van der Waals surface area contributed by atoms with Gasteiger partial charge in [0.15, 0.2) is 0 Å². The van der Waals surface area contributed by atoms with Gasteiger partial charge in [-0.25, -0.2) is 4.39 Å². The van der Waals surface area contributed by atoms with Gasteiger partial charge in [-0.3, -0.25) is 0 Å². The van der Waals surface area contributed by atoms with Crippen LogP contribution in [0.2, 0.25) is 0 Å². The maximum atomic E-state index is 13.4. The molecule has 1 fully saturated rings. The highest BCUT2D eigenvalue weighted by molar-refractivity contribution is 5.28. The second-order valence-corrected chi connectivity index (χ2v) is 6.45. The van der Waals surface area contributed by atoms with Crippen molar-refractivity contribution >= 4 is 0 Å². The molecule has 1 aliphatic carbocycles. The third kappa shape index (κ3) is 3.17. The van der Waals surface area contributed by atoms with Crippen LogP contribution in [-0.2, 0) is 6.42 Å². The van der Waals surface area contributed by atoms with Crippen molar-refractivity contribution in [1.29, 1.82) is 0 Å². The molecule has 0 spiro atoms. The van der Waals surface area contributed by atoms with E-state index >= 15 is 0 Å². The van der Waals surface area contributed by atoms with Gasteiger partial charge >= 0.3 is 0 Å². The summed E-state index contributed by atoms with van der Waals surface area (Å²) in [6, 6.07) is 4.88. The molecule has 0 bridgehead atoms. The first-order valence-corrected chi connectivity index (χ1v) is 7.40. The number of hydrogen-bond acceptors (Lipinski definition) is 1. The van der Waals surface area contributed by atoms with Gasteiger partial charge in [0, 0.05) is 6.42 Å². The number of benzene rings is 1. The predicted octanol–water partition coefficient (Wildman–Crippen LogP) is 4.25. The highest BCUT2D eigenvalue weighted by Crippen LogP contribution is 2.40. The third-order valence-electron chi connectivity index (χ3n) is 4.68. The van der Waals surface area contributed by atoms with Gasteiger partial charge in [-0.1, -0.05) is 32.8 Å². The smallest absolute Gasteiger partial charge is 0.123 e. The van der Waals surface area contributed by atoms with Crippen LogP contribution in [0.5, 0.6) is 0 Å². The number of halogens is 1. The SMILES string of the molecule is Cc1ccc(F)cc1CC1(O)CCCCC1C(C)C. The Morgan fingerprint density at radius 1 is 1.37 bits per heavy atom. The Kier molecular flexibility index (Phi) is 4.29. The fraction of sp³-hybridized carbons (Fsp3) is 0.647. The fourth-order valence-electron chi connectivity index (χ4n) is 3.58. The first-order valence-electron chi connectivity index (χ1n) is 7.40. The number of hydrogen-bond donors (Lipinski definition) is 1. The number of aryl methyl sites for hydroxylation is 1. The second kappa shape index (κ2) is 5.62. The molecule has 2 heteroatoms. The zero-order valence-corrected chi connectivity index (χ0v) is 12.2. The van der Waals surface area contributed by atoms with Gasteiger partial charge in [0.2, 0.25) is 0 Å². The van der Waals surface area contributed by atoms with E-state index in [0.29, 0.717) is 18.3 Å². The molecule has 1 aromatic carbocycles. The summed E-state index contributed by atoms with van der Waals surface area (Å²) in [4.78, 5) is 0. The maximum absolute atomic E-state index is 13.4. The van der Waals surface area contributed by atoms with Crippen LogP contribution in [-0.4, -0.2) is 10.7 Å². The van der Waals surface area contributed by atoms with E-state index in [1.54, 1.807) is 12.1 Å². The molecule has 1 aromatic rings. The third-order valence-corrected chi connectivity index (χ3v) is 4.68. The Bertz CT molecular complexity index is 441. The van der Waals surface area contributed by atoms with Crippen molar-refractivity contribution < 1.29 is 9.50 Å². The molecule has 19 heavy (non-hydrogen) atoms. The van der Waals surface area contributed by atoms with E-state index in [1.807, 2.05) is 6.92 Å². The molecule has 0 radical (unpaired) electrons. The summed E-state index contributed by atoms with van der Waals surface area (Å²) in [5.74, 6) is 0.587. The minimum Gasteiger partial charge on any atom is -0.389 e. The minimum absolute atomic E-state index is 0.207. The molecule has 1 aliphatic rings. The van der Waals surface area contributed by atoms with Crippen LogP contribution < -0.4 is 0 Å². The van der Waals surface area contributed by atoms with E-state index in [9.17, 15) is 9.50 Å². The Balaban J connectivity index is 2.25. The van der Waals surface area contributed by atoms with Gasteiger partial charge in [-0.15, -0.1) is 0 Å². The predicted molar refractivity (Wildman–Crippen MR) is 76.6 cm³/mol. The van der Waals surface area contributed by atoms with Gasteiger partial charge in [-0.2, -0.15) is 0 Å². The Hall–Kier alpha value is -0.890. The number of aliphatic hydroxyl groups is 1. The summed E-state index contributed by atoms with van der Waals surface area (Å²) < 4.78 is 13.4. The van der Waals surface area contributed by atoms with Crippen LogP contribution >= 0.6 is 0 Å². The lowest BCUT2D eigenvalue weighted by molar-refractivity contribution is -0.0654. The summed E-state index contributed by atoms with van der Waals surface area (Å²) in [5, 5.41) is 11.0. The van der Waals surface area contributed by atoms with Gasteiger partial charge < -0.3 is 5.11 Å². The summed E-state index contributed by atoms with van der Waals surface area (Å²) in [6.45, 7) is 6.35. The van der Waals surface area contributed by atoms with Gasteiger partial charge in [0.1, 0.15) is 5.82 Å². The molecule has 2 rings (SSSR count). The lowest BCUT2D eigenvalue weighted by Gasteiger charge is -2.43. The largest absolute Gasteiger partial charge is 0.389 e. The molecule has 0 aliphatic heterocycles. The summed E-state index contributed by atoms with van der Waals surface area (Å²) >= 11 is 0. The first kappa shape index (κ1) is 14.5. The van der Waals surface area contributed by atoms with Gasteiger partial charge in [0.25, 0.3) is 0 Å². The zero-order valence-electron chi connectivity index (χ0n) is 12.2. The topological polar surface area (TPSA) is 20.2 Å². The van der Waals surface area contributed by atoms with Crippen molar-refractivity contribution in [3.63, 3.8) is 0 Å². The van der Waals surface area contributed by atoms with Crippen LogP contribution in [0.4, 0.5) is 4.39 Å². The molecular formula is C17H25FO. The second-order valence-electron chi connectivity index (χ2n) is 6.45. The summed E-state index contributed by atoms with van der Waals surface area (Å²) in [7, 11) is 0. The monoisotopic (exact) mass is 264 g/mol. The van der Waals surface area contributed by atoms with Gasteiger partial charge in [0.05, 0.1) is 5.60 Å². The lowest BCUT2D eigenvalue weighted by atomic mass is 9.67. The molecular weight excluding hydrogens is 239 g/mol. The Morgan fingerprint density at radius 3 is 2.79 bits per heavy atom. The van der Waals surface area contributed by atoms with E-state index in [4.69, 9.17) is 0 Å². The van der Waals surface area contributed by atoms with Crippen LogP contribution in [0.15, 0.2) is 18.2 Å². The van der Waals surface area contributed by atoms with Gasteiger partial charge in [-0.05, 0) is 54.9 Å². The molecule has 1 saturated carbocycles. The summed E-state index contributed by atoms with van der Waals surface area (Å²) in [5.41, 5.74) is 1.36. The van der Waals surface area contributed by atoms with Crippen molar-refractivity contribution in [2.75, 3.05) is 0 Å². The molecule has 2 atom stereocenters. The highest BCUT2D eigenvalue weighted by atomic mass is 19.1. The quantitative estimate of drug-likeness (QED) is 0.865. The van der Waals surface area contributed by atoms with Crippen molar-refractivity contribution in [2.45, 2.75) is 58.5 Å². The number of rotatable bonds is 3. The zero-order chi connectivity index (χ0) is 14.0. The van der Waals surface area contributed by atoms with Crippen LogP contribution in [0.3, 0.4) is 0 Å². The van der Waals surface area contributed by atoms with Crippen molar-refractivity contribution in [3.05, 3.63) is 35.1 Å². The van der Waals surface area contributed by atoms with E-state index in [2.05, 4.69) is 13.8 Å². The van der Waals surface area contributed by atoms with Crippen molar-refractivity contribution in [3.8, 4) is 0 Å². The average molecular weight is 264 g/mol. The van der Waals surface area contributed by atoms with E-state index in [1.165, 1.54) is 12.5 Å².